The highest BCUT2D eigenvalue weighted by molar-refractivity contribution is 7.89. The Kier molecular flexibility index (Phi) is 5.40. The number of hydrogen-bond donors (Lipinski definition) is 1. The number of nitrogens with zero attached hydrogens (tertiary/aromatic N) is 3. The maximum Gasteiger partial charge on any atom is 0.261 e. The zero-order valence-electron chi connectivity index (χ0n) is 17.5. The SMILES string of the molecule is O=C1c2ccccc2[C@@H](Nc2ccc(S(=O)(=O)N3CCCCC3)cc2)N1c1ccccn1. The molecule has 1 amide bonds. The summed E-state index contributed by atoms with van der Waals surface area (Å²) in [6.45, 7) is 1.14. The molecule has 0 aliphatic carbocycles. The topological polar surface area (TPSA) is 82.6 Å². The van der Waals surface area contributed by atoms with E-state index in [0.717, 1.165) is 30.5 Å². The van der Waals surface area contributed by atoms with Crippen LogP contribution < -0.4 is 10.2 Å². The maximum absolute atomic E-state index is 13.1. The number of piperidine rings is 1. The number of nitrogens with one attached hydrogen (secondary N) is 1. The summed E-state index contributed by atoms with van der Waals surface area (Å²) in [6, 6.07) is 19.7. The number of carbonyl (C=O) groups excluding carboxylic acids is 1. The molecule has 1 saturated heterocycles. The van der Waals surface area contributed by atoms with Crippen LogP contribution in [0, 0.1) is 0 Å². The number of benzene rings is 2. The van der Waals surface area contributed by atoms with Crippen LogP contribution in [0.2, 0.25) is 0 Å². The van der Waals surface area contributed by atoms with Gasteiger partial charge in [-0.25, -0.2) is 13.4 Å². The van der Waals surface area contributed by atoms with E-state index >= 15 is 0 Å². The Morgan fingerprint density at radius 3 is 2.31 bits per heavy atom. The highest BCUT2D eigenvalue weighted by atomic mass is 32.2. The standard InChI is InChI=1S/C24H24N4O3S/c29-24-21-9-3-2-8-20(21)23(28(24)22-10-4-5-15-25-22)26-18-11-13-19(14-12-18)32(30,31)27-16-6-1-7-17-27/h2-5,8-15,23,26H,1,6-7,16-17H2/t23-/m0/s1. The molecule has 1 atom stereocenters. The van der Waals surface area contributed by atoms with E-state index in [2.05, 4.69) is 10.3 Å². The Morgan fingerprint density at radius 1 is 0.875 bits per heavy atom. The molecule has 5 rings (SSSR count). The zero-order chi connectivity index (χ0) is 22.1. The van der Waals surface area contributed by atoms with E-state index in [-0.39, 0.29) is 10.8 Å². The number of sulfonamides is 1. The number of fused-ring (bicyclic) bond motifs is 1. The van der Waals surface area contributed by atoms with Crippen molar-refractivity contribution in [3.05, 3.63) is 84.1 Å². The molecule has 0 bridgehead atoms. The van der Waals surface area contributed by atoms with Gasteiger partial charge in [-0.3, -0.25) is 9.69 Å². The summed E-state index contributed by atoms with van der Waals surface area (Å²) in [6.07, 6.45) is 4.08. The lowest BCUT2D eigenvalue weighted by Gasteiger charge is -2.27. The molecule has 0 unspecified atom stereocenters. The molecule has 3 heterocycles. The second-order valence-electron chi connectivity index (χ2n) is 7.99. The number of amides is 1. The van der Waals surface area contributed by atoms with Crippen molar-refractivity contribution < 1.29 is 13.2 Å². The van der Waals surface area contributed by atoms with Gasteiger partial charge >= 0.3 is 0 Å². The first-order valence-corrected chi connectivity index (χ1v) is 12.2. The van der Waals surface area contributed by atoms with E-state index in [4.69, 9.17) is 0 Å². The van der Waals surface area contributed by atoms with E-state index in [9.17, 15) is 13.2 Å². The molecule has 32 heavy (non-hydrogen) atoms. The van der Waals surface area contributed by atoms with Crippen molar-refractivity contribution in [2.75, 3.05) is 23.3 Å². The van der Waals surface area contributed by atoms with Crippen LogP contribution in [-0.2, 0) is 10.0 Å². The van der Waals surface area contributed by atoms with Crippen LogP contribution in [0.1, 0.15) is 41.3 Å². The first-order valence-electron chi connectivity index (χ1n) is 10.8. The summed E-state index contributed by atoms with van der Waals surface area (Å²) in [5.41, 5.74) is 2.20. The van der Waals surface area contributed by atoms with Crippen LogP contribution in [0.15, 0.2) is 77.8 Å². The summed E-state index contributed by atoms with van der Waals surface area (Å²) in [5.74, 6) is 0.427. The van der Waals surface area contributed by atoms with Gasteiger partial charge in [0.1, 0.15) is 12.0 Å². The Bertz CT molecular complexity index is 1220. The van der Waals surface area contributed by atoms with Crippen molar-refractivity contribution in [2.45, 2.75) is 30.3 Å². The Morgan fingerprint density at radius 2 is 1.59 bits per heavy atom. The molecule has 1 aromatic heterocycles. The van der Waals surface area contributed by atoms with Gasteiger partial charge in [-0.15, -0.1) is 0 Å². The van der Waals surface area contributed by atoms with Gasteiger partial charge in [0.05, 0.1) is 4.90 Å². The van der Waals surface area contributed by atoms with Crippen molar-refractivity contribution in [1.29, 1.82) is 0 Å². The third-order valence-corrected chi connectivity index (χ3v) is 7.88. The van der Waals surface area contributed by atoms with Gasteiger partial charge in [0.25, 0.3) is 5.91 Å². The monoisotopic (exact) mass is 448 g/mol. The largest absolute Gasteiger partial charge is 0.361 e. The number of anilines is 2. The summed E-state index contributed by atoms with van der Waals surface area (Å²) >= 11 is 0. The van der Waals surface area contributed by atoms with Gasteiger partial charge in [-0.05, 0) is 55.3 Å². The lowest BCUT2D eigenvalue weighted by Crippen LogP contribution is -2.35. The minimum atomic E-state index is -3.49. The molecule has 2 aromatic carbocycles. The van der Waals surface area contributed by atoms with Crippen LogP contribution in [0.5, 0.6) is 0 Å². The maximum atomic E-state index is 13.1. The number of rotatable bonds is 5. The highest BCUT2D eigenvalue weighted by Gasteiger charge is 2.38. The van der Waals surface area contributed by atoms with Gasteiger partial charge in [0.2, 0.25) is 10.0 Å². The van der Waals surface area contributed by atoms with Crippen LogP contribution in [0.25, 0.3) is 0 Å². The average Bonchev–Trinajstić information content (AvgIpc) is 3.12. The molecule has 2 aliphatic rings. The summed E-state index contributed by atoms with van der Waals surface area (Å²) in [5, 5.41) is 3.39. The molecule has 1 N–H and O–H groups in total. The number of pyridine rings is 1. The van der Waals surface area contributed by atoms with E-state index in [0.29, 0.717) is 24.5 Å². The van der Waals surface area contributed by atoms with Crippen molar-refractivity contribution in [3.8, 4) is 0 Å². The van der Waals surface area contributed by atoms with Crippen LogP contribution in [0.4, 0.5) is 11.5 Å². The quantitative estimate of drug-likeness (QED) is 0.637. The third kappa shape index (κ3) is 3.65. The zero-order valence-corrected chi connectivity index (χ0v) is 18.3. The first kappa shape index (κ1) is 20.7. The molecular formula is C24H24N4O3S. The van der Waals surface area contributed by atoms with Gasteiger partial charge < -0.3 is 5.32 Å². The second-order valence-corrected chi connectivity index (χ2v) is 9.92. The average molecular weight is 449 g/mol. The number of hydrogen-bond acceptors (Lipinski definition) is 5. The van der Waals surface area contributed by atoms with Gasteiger partial charge in [0.15, 0.2) is 0 Å². The van der Waals surface area contributed by atoms with Crippen molar-refractivity contribution in [3.63, 3.8) is 0 Å². The Hall–Kier alpha value is -3.23. The first-order chi connectivity index (χ1) is 15.6. The van der Waals surface area contributed by atoms with Crippen molar-refractivity contribution in [1.82, 2.24) is 9.29 Å². The Labute approximate surface area is 187 Å². The minimum Gasteiger partial charge on any atom is -0.361 e. The van der Waals surface area contributed by atoms with Crippen LogP contribution in [-0.4, -0.2) is 36.7 Å². The fraction of sp³-hybridized carbons (Fsp3) is 0.250. The van der Waals surface area contributed by atoms with Crippen LogP contribution >= 0.6 is 0 Å². The minimum absolute atomic E-state index is 0.124. The van der Waals surface area contributed by atoms with Crippen molar-refractivity contribution in [2.24, 2.45) is 0 Å². The smallest absolute Gasteiger partial charge is 0.261 e. The van der Waals surface area contributed by atoms with Gasteiger partial charge in [-0.1, -0.05) is 30.7 Å². The lowest BCUT2D eigenvalue weighted by molar-refractivity contribution is 0.0992. The lowest BCUT2D eigenvalue weighted by atomic mass is 10.1. The fourth-order valence-corrected chi connectivity index (χ4v) is 5.84. The molecule has 164 valence electrons. The molecule has 0 spiro atoms. The molecule has 3 aromatic rings. The predicted octanol–water partition coefficient (Wildman–Crippen LogP) is 4.03. The molecule has 0 radical (unpaired) electrons. The van der Waals surface area contributed by atoms with E-state index in [1.54, 1.807) is 51.8 Å². The number of aromatic nitrogens is 1. The fourth-order valence-electron chi connectivity index (χ4n) is 4.33. The third-order valence-electron chi connectivity index (χ3n) is 5.97. The molecular weight excluding hydrogens is 424 g/mol. The van der Waals surface area contributed by atoms with Gasteiger partial charge in [0, 0.05) is 36.1 Å². The van der Waals surface area contributed by atoms with E-state index < -0.39 is 16.2 Å². The summed E-state index contributed by atoms with van der Waals surface area (Å²) in [4.78, 5) is 19.4. The molecule has 2 aliphatic heterocycles. The van der Waals surface area contributed by atoms with E-state index in [1.165, 1.54) is 0 Å². The predicted molar refractivity (Wildman–Crippen MR) is 123 cm³/mol. The summed E-state index contributed by atoms with van der Waals surface area (Å²) in [7, 11) is -3.49. The second kappa shape index (κ2) is 8.37. The van der Waals surface area contributed by atoms with Crippen LogP contribution in [0.3, 0.4) is 0 Å². The van der Waals surface area contributed by atoms with E-state index in [1.807, 2.05) is 30.3 Å². The normalized spacial score (nSPS) is 19.1. The van der Waals surface area contributed by atoms with Crippen molar-refractivity contribution >= 4 is 27.4 Å². The molecule has 1 fully saturated rings. The number of carbonyl (C=O) groups is 1. The molecule has 8 heteroatoms. The van der Waals surface area contributed by atoms with Gasteiger partial charge in [-0.2, -0.15) is 4.31 Å². The Balaban J connectivity index is 1.44. The summed E-state index contributed by atoms with van der Waals surface area (Å²) < 4.78 is 27.4. The molecule has 0 saturated carbocycles. The molecule has 7 nitrogen and oxygen atoms in total. The highest BCUT2D eigenvalue weighted by Crippen LogP contribution is 2.37.